The van der Waals surface area contributed by atoms with Crippen LogP contribution in [0.3, 0.4) is 0 Å². The van der Waals surface area contributed by atoms with E-state index in [9.17, 15) is 9.59 Å². The van der Waals surface area contributed by atoms with Crippen LogP contribution in [0.15, 0.2) is 24.3 Å². The molecule has 1 N–H and O–H groups in total. The maximum absolute atomic E-state index is 11.7. The summed E-state index contributed by atoms with van der Waals surface area (Å²) in [6.07, 6.45) is 0.864. The van der Waals surface area contributed by atoms with Gasteiger partial charge in [0.2, 0.25) is 5.91 Å². The summed E-state index contributed by atoms with van der Waals surface area (Å²) < 4.78 is 4.78. The third-order valence-corrected chi connectivity index (χ3v) is 2.76. The van der Waals surface area contributed by atoms with Crippen molar-refractivity contribution in [2.75, 3.05) is 6.61 Å². The molecular weight excluding hydrogens is 218 g/mol. The van der Waals surface area contributed by atoms with Crippen LogP contribution in [0.25, 0.3) is 0 Å². The van der Waals surface area contributed by atoms with E-state index < -0.39 is 6.04 Å². The molecule has 1 aliphatic rings. The smallest absolute Gasteiger partial charge is 0.328 e. The molecule has 0 aliphatic carbocycles. The van der Waals surface area contributed by atoms with Gasteiger partial charge >= 0.3 is 5.97 Å². The molecule has 0 bridgehead atoms. The summed E-state index contributed by atoms with van der Waals surface area (Å²) >= 11 is 0. The van der Waals surface area contributed by atoms with Crippen molar-refractivity contribution in [1.29, 1.82) is 0 Å². The lowest BCUT2D eigenvalue weighted by atomic mass is 10.1. The summed E-state index contributed by atoms with van der Waals surface area (Å²) in [5.41, 5.74) is 2.10. The van der Waals surface area contributed by atoms with Crippen molar-refractivity contribution < 1.29 is 14.3 Å². The molecule has 1 fully saturated rings. The van der Waals surface area contributed by atoms with E-state index in [4.69, 9.17) is 4.74 Å². The Hall–Kier alpha value is -1.84. The Bertz CT molecular complexity index is 425. The maximum Gasteiger partial charge on any atom is 0.328 e. The van der Waals surface area contributed by atoms with Gasteiger partial charge < -0.3 is 10.1 Å². The van der Waals surface area contributed by atoms with Crippen LogP contribution in [0, 0.1) is 6.92 Å². The summed E-state index contributed by atoms with van der Waals surface area (Å²) in [6.45, 7) is 2.40. The van der Waals surface area contributed by atoms with Crippen LogP contribution in [-0.2, 0) is 20.7 Å². The maximum atomic E-state index is 11.7. The zero-order chi connectivity index (χ0) is 12.3. The fraction of sp³-hybridized carbons (Fsp3) is 0.385. The molecule has 4 nitrogen and oxygen atoms in total. The van der Waals surface area contributed by atoms with Crippen LogP contribution in [0.1, 0.15) is 17.5 Å². The molecule has 2 rings (SSSR count). The molecule has 0 radical (unpaired) electrons. The Balaban J connectivity index is 1.88. The predicted molar refractivity (Wildman–Crippen MR) is 62.4 cm³/mol. The number of cyclic esters (lactones) is 1. The number of hydrogen-bond acceptors (Lipinski definition) is 3. The Morgan fingerprint density at radius 1 is 1.41 bits per heavy atom. The molecular formula is C13H15NO3. The normalized spacial score (nSPS) is 18.9. The molecule has 1 saturated heterocycles. The summed E-state index contributed by atoms with van der Waals surface area (Å²) in [5.74, 6) is -0.472. The van der Waals surface area contributed by atoms with Crippen molar-refractivity contribution in [2.24, 2.45) is 0 Å². The minimum atomic E-state index is -0.465. The highest BCUT2D eigenvalue weighted by atomic mass is 16.5. The molecule has 4 heteroatoms. The summed E-state index contributed by atoms with van der Waals surface area (Å²) in [5, 5.41) is 2.68. The Labute approximate surface area is 100.0 Å². The van der Waals surface area contributed by atoms with Gasteiger partial charge in [0.05, 0.1) is 13.0 Å². The first-order valence-corrected chi connectivity index (χ1v) is 5.67. The standard InChI is InChI=1S/C13H15NO3/c1-9-2-4-10(5-3-9)8-12(15)14-11-6-7-17-13(11)16/h2-5,11H,6-8H2,1H3,(H,14,15)/t11-/m1/s1. The quantitative estimate of drug-likeness (QED) is 0.791. The average Bonchev–Trinajstić information content (AvgIpc) is 2.68. The first-order valence-electron chi connectivity index (χ1n) is 5.67. The van der Waals surface area contributed by atoms with E-state index in [1.807, 2.05) is 31.2 Å². The molecule has 0 spiro atoms. The lowest BCUT2D eigenvalue weighted by Crippen LogP contribution is -2.38. The van der Waals surface area contributed by atoms with Crippen molar-refractivity contribution >= 4 is 11.9 Å². The minimum Gasteiger partial charge on any atom is -0.464 e. The van der Waals surface area contributed by atoms with Crippen molar-refractivity contribution in [3.8, 4) is 0 Å². The van der Waals surface area contributed by atoms with Gasteiger partial charge in [-0.3, -0.25) is 4.79 Å². The largest absolute Gasteiger partial charge is 0.464 e. The van der Waals surface area contributed by atoms with Crippen LogP contribution in [0.5, 0.6) is 0 Å². The average molecular weight is 233 g/mol. The van der Waals surface area contributed by atoms with Crippen molar-refractivity contribution in [1.82, 2.24) is 5.32 Å². The minimum absolute atomic E-state index is 0.141. The molecule has 0 unspecified atom stereocenters. The Morgan fingerprint density at radius 3 is 2.71 bits per heavy atom. The van der Waals surface area contributed by atoms with Gasteiger partial charge in [0.25, 0.3) is 0 Å². The predicted octanol–water partition coefficient (Wildman–Crippen LogP) is 0.969. The van der Waals surface area contributed by atoms with Gasteiger partial charge in [-0.15, -0.1) is 0 Å². The molecule has 1 aromatic rings. The summed E-state index contributed by atoms with van der Waals surface area (Å²) in [4.78, 5) is 22.8. The third-order valence-electron chi connectivity index (χ3n) is 2.76. The molecule has 0 saturated carbocycles. The number of amides is 1. The molecule has 17 heavy (non-hydrogen) atoms. The van der Waals surface area contributed by atoms with Crippen LogP contribution in [0.2, 0.25) is 0 Å². The van der Waals surface area contributed by atoms with Gasteiger partial charge in [-0.1, -0.05) is 29.8 Å². The zero-order valence-corrected chi connectivity index (χ0v) is 9.73. The second kappa shape index (κ2) is 4.99. The fourth-order valence-electron chi connectivity index (χ4n) is 1.76. The Kier molecular flexibility index (Phi) is 3.42. The first-order chi connectivity index (χ1) is 8.15. The number of carbonyl (C=O) groups is 2. The van der Waals surface area contributed by atoms with Crippen LogP contribution in [0.4, 0.5) is 0 Å². The topological polar surface area (TPSA) is 55.4 Å². The van der Waals surface area contributed by atoms with Gasteiger partial charge in [-0.05, 0) is 12.5 Å². The summed E-state index contributed by atoms with van der Waals surface area (Å²) in [7, 11) is 0. The van der Waals surface area contributed by atoms with E-state index in [0.717, 1.165) is 11.1 Å². The first kappa shape index (κ1) is 11.6. The lowest BCUT2D eigenvalue weighted by molar-refractivity contribution is -0.141. The second-order valence-corrected chi connectivity index (χ2v) is 4.24. The molecule has 90 valence electrons. The van der Waals surface area contributed by atoms with Crippen molar-refractivity contribution in [3.63, 3.8) is 0 Å². The number of aryl methyl sites for hydroxylation is 1. The van der Waals surface area contributed by atoms with E-state index in [0.29, 0.717) is 19.4 Å². The van der Waals surface area contributed by atoms with E-state index in [2.05, 4.69) is 5.32 Å². The Morgan fingerprint density at radius 2 is 2.12 bits per heavy atom. The van der Waals surface area contributed by atoms with Gasteiger partial charge in [-0.2, -0.15) is 0 Å². The molecule has 1 aliphatic heterocycles. The number of nitrogens with one attached hydrogen (secondary N) is 1. The highest BCUT2D eigenvalue weighted by Crippen LogP contribution is 2.07. The molecule has 1 atom stereocenters. The van der Waals surface area contributed by atoms with Crippen molar-refractivity contribution in [3.05, 3.63) is 35.4 Å². The molecule has 0 aromatic heterocycles. The number of hydrogen-bond donors (Lipinski definition) is 1. The number of esters is 1. The number of benzene rings is 1. The third kappa shape index (κ3) is 3.06. The van der Waals surface area contributed by atoms with E-state index in [1.165, 1.54) is 0 Å². The second-order valence-electron chi connectivity index (χ2n) is 4.24. The van der Waals surface area contributed by atoms with E-state index in [1.54, 1.807) is 0 Å². The SMILES string of the molecule is Cc1ccc(CC(=O)N[C@@H]2CCOC2=O)cc1. The van der Waals surface area contributed by atoms with Crippen LogP contribution >= 0.6 is 0 Å². The number of ether oxygens (including phenoxy) is 1. The van der Waals surface area contributed by atoms with E-state index >= 15 is 0 Å². The zero-order valence-electron chi connectivity index (χ0n) is 9.73. The van der Waals surface area contributed by atoms with Gasteiger partial charge in [0.15, 0.2) is 0 Å². The van der Waals surface area contributed by atoms with Crippen molar-refractivity contribution in [2.45, 2.75) is 25.8 Å². The summed E-state index contributed by atoms with van der Waals surface area (Å²) in [6, 6.07) is 7.30. The molecule has 1 aromatic carbocycles. The van der Waals surface area contributed by atoms with Crippen LogP contribution in [-0.4, -0.2) is 24.5 Å². The van der Waals surface area contributed by atoms with Gasteiger partial charge in [0.1, 0.15) is 6.04 Å². The highest BCUT2D eigenvalue weighted by molar-refractivity contribution is 5.86. The monoisotopic (exact) mass is 233 g/mol. The fourth-order valence-corrected chi connectivity index (χ4v) is 1.76. The lowest BCUT2D eigenvalue weighted by Gasteiger charge is -2.08. The number of carbonyl (C=O) groups excluding carboxylic acids is 2. The highest BCUT2D eigenvalue weighted by Gasteiger charge is 2.27. The van der Waals surface area contributed by atoms with Gasteiger partial charge in [0, 0.05) is 6.42 Å². The van der Waals surface area contributed by atoms with Crippen LogP contribution < -0.4 is 5.32 Å². The molecule has 1 amide bonds. The van der Waals surface area contributed by atoms with E-state index in [-0.39, 0.29) is 11.9 Å². The number of rotatable bonds is 3. The molecule has 1 heterocycles. The van der Waals surface area contributed by atoms with Gasteiger partial charge in [-0.25, -0.2) is 4.79 Å².